The lowest BCUT2D eigenvalue weighted by Crippen LogP contribution is -2.16. The highest BCUT2D eigenvalue weighted by molar-refractivity contribution is 5.54. The summed E-state index contributed by atoms with van der Waals surface area (Å²) in [5.41, 5.74) is 5.91. The van der Waals surface area contributed by atoms with Gasteiger partial charge in [-0.1, -0.05) is 47.5 Å². The van der Waals surface area contributed by atoms with E-state index >= 15 is 0 Å². The van der Waals surface area contributed by atoms with Crippen molar-refractivity contribution in [1.82, 2.24) is 0 Å². The topological polar surface area (TPSA) is 40.5 Å². The number of hydrogen-bond donors (Lipinski definition) is 2. The Labute approximate surface area is 150 Å². The van der Waals surface area contributed by atoms with Crippen LogP contribution in [0.3, 0.4) is 0 Å². The van der Waals surface area contributed by atoms with Crippen molar-refractivity contribution in [1.29, 1.82) is 0 Å². The summed E-state index contributed by atoms with van der Waals surface area (Å²) in [5.74, 6) is 0.961. The van der Waals surface area contributed by atoms with Crippen LogP contribution >= 0.6 is 0 Å². The van der Waals surface area contributed by atoms with Gasteiger partial charge in [-0.3, -0.25) is 0 Å². The van der Waals surface area contributed by atoms with Crippen molar-refractivity contribution >= 4 is 0 Å². The first-order chi connectivity index (χ1) is 11.9. The summed E-state index contributed by atoms with van der Waals surface area (Å²) in [4.78, 5) is 0. The van der Waals surface area contributed by atoms with E-state index in [1.165, 1.54) is 0 Å². The van der Waals surface area contributed by atoms with Gasteiger partial charge in [-0.05, 0) is 64.0 Å². The van der Waals surface area contributed by atoms with Gasteiger partial charge in [0.25, 0.3) is 0 Å². The zero-order chi connectivity index (χ0) is 18.1. The summed E-state index contributed by atoms with van der Waals surface area (Å²) in [5, 5.41) is 21.6. The average molecular weight is 336 g/mol. The van der Waals surface area contributed by atoms with Crippen molar-refractivity contribution in [3.63, 3.8) is 0 Å². The zero-order valence-corrected chi connectivity index (χ0v) is 15.6. The molecular weight excluding hydrogens is 308 g/mol. The predicted molar refractivity (Wildman–Crippen MR) is 103 cm³/mol. The molecule has 25 heavy (non-hydrogen) atoms. The summed E-state index contributed by atoms with van der Waals surface area (Å²) in [6.45, 7) is 8.01. The Morgan fingerprint density at radius 2 is 1.36 bits per heavy atom. The van der Waals surface area contributed by atoms with Crippen LogP contribution in [0.25, 0.3) is 0 Å². The van der Waals surface area contributed by atoms with Gasteiger partial charge in [-0.2, -0.15) is 0 Å². The molecule has 0 aromatic heterocycles. The largest absolute Gasteiger partial charge is 0.507 e. The SMILES string of the molecule is Cc1cc(C)c(O)c(C(c2cc(C)cc(C)c2O)C2C=CCCC2)c1. The predicted octanol–water partition coefficient (Wildman–Crippen LogP) is 5.82. The van der Waals surface area contributed by atoms with Crippen LogP contribution in [0.4, 0.5) is 0 Å². The van der Waals surface area contributed by atoms with E-state index in [9.17, 15) is 10.2 Å². The lowest BCUT2D eigenvalue weighted by Gasteiger charge is -2.30. The van der Waals surface area contributed by atoms with E-state index in [2.05, 4.69) is 38.1 Å². The number of hydrogen-bond acceptors (Lipinski definition) is 2. The molecule has 0 bridgehead atoms. The second-order valence-electron chi connectivity index (χ2n) is 7.54. The molecule has 1 aliphatic carbocycles. The van der Waals surface area contributed by atoms with Crippen molar-refractivity contribution < 1.29 is 10.2 Å². The number of phenols is 2. The molecule has 0 spiro atoms. The van der Waals surface area contributed by atoms with Crippen molar-refractivity contribution in [2.75, 3.05) is 0 Å². The molecule has 1 atom stereocenters. The number of allylic oxidation sites excluding steroid dienone is 2. The van der Waals surface area contributed by atoms with Gasteiger partial charge in [0, 0.05) is 17.0 Å². The highest BCUT2D eigenvalue weighted by atomic mass is 16.3. The summed E-state index contributed by atoms with van der Waals surface area (Å²) in [6, 6.07) is 8.17. The standard InChI is InChI=1S/C23H28O2/c1-14-10-16(3)22(24)19(12-14)21(18-8-6-5-7-9-18)20-13-15(2)11-17(4)23(20)25/h6,8,10-13,18,21,24-25H,5,7,9H2,1-4H3. The second kappa shape index (κ2) is 6.95. The minimum Gasteiger partial charge on any atom is -0.507 e. The van der Waals surface area contributed by atoms with Crippen LogP contribution in [-0.4, -0.2) is 10.2 Å². The Morgan fingerprint density at radius 3 is 1.80 bits per heavy atom. The molecule has 0 saturated carbocycles. The maximum atomic E-state index is 10.8. The first-order valence-electron chi connectivity index (χ1n) is 9.15. The minimum absolute atomic E-state index is 0.0336. The Hall–Kier alpha value is -2.22. The van der Waals surface area contributed by atoms with Crippen LogP contribution in [0, 0.1) is 33.6 Å². The molecule has 2 N–H and O–H groups in total. The quantitative estimate of drug-likeness (QED) is 0.693. The van der Waals surface area contributed by atoms with E-state index in [0.717, 1.165) is 52.6 Å². The third-order valence-electron chi connectivity index (χ3n) is 5.34. The maximum Gasteiger partial charge on any atom is 0.122 e. The Bertz CT molecular complexity index is 760. The summed E-state index contributed by atoms with van der Waals surface area (Å²) < 4.78 is 0. The molecule has 2 heteroatoms. The molecule has 0 heterocycles. The van der Waals surface area contributed by atoms with Crippen molar-refractivity contribution in [2.45, 2.75) is 52.9 Å². The fraction of sp³-hybridized carbons (Fsp3) is 0.391. The smallest absolute Gasteiger partial charge is 0.122 e. The van der Waals surface area contributed by atoms with Gasteiger partial charge in [0.2, 0.25) is 0 Å². The van der Waals surface area contributed by atoms with Gasteiger partial charge in [-0.25, -0.2) is 0 Å². The number of aromatic hydroxyl groups is 2. The third kappa shape index (κ3) is 3.44. The first-order valence-corrected chi connectivity index (χ1v) is 9.15. The summed E-state index contributed by atoms with van der Waals surface area (Å²) >= 11 is 0. The van der Waals surface area contributed by atoms with Crippen LogP contribution in [-0.2, 0) is 0 Å². The number of rotatable bonds is 3. The Balaban J connectivity index is 2.25. The van der Waals surface area contributed by atoms with Gasteiger partial charge in [0.1, 0.15) is 11.5 Å². The molecule has 0 amide bonds. The average Bonchev–Trinajstić information content (AvgIpc) is 2.57. The van der Waals surface area contributed by atoms with E-state index in [1.54, 1.807) is 0 Å². The van der Waals surface area contributed by atoms with Gasteiger partial charge >= 0.3 is 0 Å². The van der Waals surface area contributed by atoms with E-state index in [1.807, 2.05) is 26.0 Å². The minimum atomic E-state index is -0.0336. The number of aryl methyl sites for hydroxylation is 4. The van der Waals surface area contributed by atoms with E-state index in [4.69, 9.17) is 0 Å². The van der Waals surface area contributed by atoms with Crippen molar-refractivity contribution in [3.05, 3.63) is 69.8 Å². The molecule has 0 fully saturated rings. The third-order valence-corrected chi connectivity index (χ3v) is 5.34. The zero-order valence-electron chi connectivity index (χ0n) is 15.6. The Kier molecular flexibility index (Phi) is 4.89. The molecule has 1 aliphatic rings. The van der Waals surface area contributed by atoms with Crippen molar-refractivity contribution in [3.8, 4) is 11.5 Å². The fourth-order valence-corrected chi connectivity index (χ4v) is 4.21. The summed E-state index contributed by atoms with van der Waals surface area (Å²) in [6.07, 6.45) is 7.83. The van der Waals surface area contributed by atoms with Crippen LogP contribution in [0.1, 0.15) is 58.6 Å². The monoisotopic (exact) mass is 336 g/mol. The molecule has 0 saturated heterocycles. The number of benzene rings is 2. The second-order valence-corrected chi connectivity index (χ2v) is 7.54. The lowest BCUT2D eigenvalue weighted by molar-refractivity contribution is 0.419. The Morgan fingerprint density at radius 1 is 0.840 bits per heavy atom. The fourth-order valence-electron chi connectivity index (χ4n) is 4.21. The number of phenolic OH excluding ortho intramolecular Hbond substituents is 2. The van der Waals surface area contributed by atoms with Gasteiger partial charge in [-0.15, -0.1) is 0 Å². The molecule has 2 aromatic carbocycles. The highest BCUT2D eigenvalue weighted by Gasteiger charge is 2.30. The maximum absolute atomic E-state index is 10.8. The van der Waals surface area contributed by atoms with Crippen LogP contribution < -0.4 is 0 Å². The van der Waals surface area contributed by atoms with Crippen molar-refractivity contribution in [2.24, 2.45) is 5.92 Å². The molecule has 0 aliphatic heterocycles. The highest BCUT2D eigenvalue weighted by Crippen LogP contribution is 2.46. The van der Waals surface area contributed by atoms with Crippen LogP contribution in [0.15, 0.2) is 36.4 Å². The normalized spacial score (nSPS) is 17.2. The molecule has 2 aromatic rings. The van der Waals surface area contributed by atoms with Gasteiger partial charge in [0.15, 0.2) is 0 Å². The molecule has 3 rings (SSSR count). The molecule has 2 nitrogen and oxygen atoms in total. The molecule has 132 valence electrons. The molecular formula is C23H28O2. The van der Waals surface area contributed by atoms with Crippen LogP contribution in [0.5, 0.6) is 11.5 Å². The lowest BCUT2D eigenvalue weighted by atomic mass is 9.74. The molecule has 1 unspecified atom stereocenters. The molecule has 0 radical (unpaired) electrons. The summed E-state index contributed by atoms with van der Waals surface area (Å²) in [7, 11) is 0. The van der Waals surface area contributed by atoms with E-state index in [-0.39, 0.29) is 11.8 Å². The first kappa shape index (κ1) is 17.6. The van der Waals surface area contributed by atoms with Crippen LogP contribution in [0.2, 0.25) is 0 Å². The van der Waals surface area contributed by atoms with Gasteiger partial charge in [0.05, 0.1) is 0 Å². The van der Waals surface area contributed by atoms with Gasteiger partial charge < -0.3 is 10.2 Å². The van der Waals surface area contributed by atoms with E-state index in [0.29, 0.717) is 11.5 Å². The van der Waals surface area contributed by atoms with E-state index < -0.39 is 0 Å².